The van der Waals surface area contributed by atoms with Crippen molar-refractivity contribution >= 4 is 5.97 Å². The van der Waals surface area contributed by atoms with E-state index in [1.54, 1.807) is 0 Å². The van der Waals surface area contributed by atoms with Gasteiger partial charge in [0.25, 0.3) is 0 Å². The molecule has 0 aliphatic heterocycles. The highest BCUT2D eigenvalue weighted by Crippen LogP contribution is 2.21. The first-order valence-electron chi connectivity index (χ1n) is 25.5. The second kappa shape index (κ2) is 46.8. The molecule has 0 radical (unpaired) electrons. The van der Waals surface area contributed by atoms with Gasteiger partial charge < -0.3 is 10.0 Å². The number of hydrogen-bond acceptors (Lipinski definition) is 2. The maximum Gasteiger partial charge on any atom is 0.306 e. The van der Waals surface area contributed by atoms with Crippen LogP contribution >= 0.6 is 0 Å². The van der Waals surface area contributed by atoms with E-state index in [1.807, 2.05) is 0 Å². The molecule has 3 heteroatoms. The van der Waals surface area contributed by atoms with Crippen LogP contribution in [0.5, 0.6) is 0 Å². The molecule has 3 nitrogen and oxygen atoms in total. The Balaban J connectivity index is 3.38. The van der Waals surface area contributed by atoms with Crippen LogP contribution in [0.4, 0.5) is 0 Å². The molecule has 0 aromatic rings. The number of rotatable bonds is 48. The van der Waals surface area contributed by atoms with Crippen molar-refractivity contribution in [3.63, 3.8) is 0 Å². The molecule has 0 aromatic heterocycles. The van der Waals surface area contributed by atoms with E-state index in [0.29, 0.717) is 0 Å². The van der Waals surface area contributed by atoms with E-state index in [-0.39, 0.29) is 5.92 Å². The molecule has 54 heavy (non-hydrogen) atoms. The Bertz CT molecular complexity index is 695. The van der Waals surface area contributed by atoms with Crippen molar-refractivity contribution in [2.45, 2.75) is 296 Å². The molecule has 0 rings (SSSR count). The normalized spacial score (nSPS) is 12.3. The minimum absolute atomic E-state index is 0.107. The third kappa shape index (κ3) is 44.1. The average molecular weight is 762 g/mol. The zero-order valence-electron chi connectivity index (χ0n) is 37.9. The second-order valence-electron chi connectivity index (χ2n) is 18.1. The Labute approximate surface area is 342 Å². The van der Waals surface area contributed by atoms with Crippen molar-refractivity contribution in [3.8, 4) is 0 Å². The molecule has 0 bridgehead atoms. The maximum atomic E-state index is 11.8. The SMILES string of the molecule is CCCCCCCCCCCCCCCCCCC(CCCCCCCCCCCCN(C)CCCCCCCCCCCCCCCCCC)C(=O)O. The van der Waals surface area contributed by atoms with Gasteiger partial charge in [0, 0.05) is 0 Å². The van der Waals surface area contributed by atoms with Gasteiger partial charge in [0.05, 0.1) is 5.92 Å². The van der Waals surface area contributed by atoms with E-state index in [2.05, 4.69) is 25.8 Å². The van der Waals surface area contributed by atoms with Crippen molar-refractivity contribution in [1.29, 1.82) is 0 Å². The highest BCUT2D eigenvalue weighted by atomic mass is 16.4. The zero-order valence-corrected chi connectivity index (χ0v) is 37.9. The summed E-state index contributed by atoms with van der Waals surface area (Å²) in [7, 11) is 2.32. The number of carboxylic acids is 1. The predicted molar refractivity (Wildman–Crippen MR) is 243 cm³/mol. The Morgan fingerprint density at radius 3 is 0.722 bits per heavy atom. The van der Waals surface area contributed by atoms with Crippen LogP contribution in [0.3, 0.4) is 0 Å². The first kappa shape index (κ1) is 53.4. The summed E-state index contributed by atoms with van der Waals surface area (Å²) in [6, 6.07) is 0. The maximum absolute atomic E-state index is 11.8. The van der Waals surface area contributed by atoms with Crippen LogP contribution in [0.2, 0.25) is 0 Å². The Kier molecular flexibility index (Phi) is 46.3. The number of nitrogens with zero attached hydrogens (tertiary/aromatic N) is 1. The highest BCUT2D eigenvalue weighted by Gasteiger charge is 2.16. The standard InChI is InChI=1S/C51H103NO2/c1-4-6-8-10-12-14-16-18-20-22-24-26-30-34-38-42-46-50(51(53)54)47-43-39-35-31-27-29-33-37-41-45-49-52(3)48-44-40-36-32-28-25-23-21-19-17-15-13-11-9-7-5-2/h50H,4-49H2,1-3H3,(H,53,54). The number of unbranched alkanes of at least 4 members (excludes halogenated alkanes) is 39. The van der Waals surface area contributed by atoms with E-state index in [9.17, 15) is 9.90 Å². The molecule has 324 valence electrons. The van der Waals surface area contributed by atoms with Gasteiger partial charge in [0.2, 0.25) is 0 Å². The molecule has 1 unspecified atom stereocenters. The Morgan fingerprint density at radius 2 is 0.519 bits per heavy atom. The van der Waals surface area contributed by atoms with Gasteiger partial charge in [0.1, 0.15) is 0 Å². The third-order valence-corrected chi connectivity index (χ3v) is 12.5. The molecule has 0 saturated heterocycles. The van der Waals surface area contributed by atoms with Crippen molar-refractivity contribution in [1.82, 2.24) is 4.90 Å². The van der Waals surface area contributed by atoms with E-state index in [0.717, 1.165) is 25.7 Å². The molecule has 1 atom stereocenters. The van der Waals surface area contributed by atoms with Crippen LogP contribution in [-0.4, -0.2) is 36.1 Å². The molecule has 0 aromatic carbocycles. The molecular weight excluding hydrogens is 659 g/mol. The second-order valence-corrected chi connectivity index (χ2v) is 18.1. The predicted octanol–water partition coefficient (Wildman–Crippen LogP) is 17.8. The summed E-state index contributed by atoms with van der Waals surface area (Å²) in [5.41, 5.74) is 0. The molecule has 0 heterocycles. The lowest BCUT2D eigenvalue weighted by Gasteiger charge is -2.16. The molecule has 0 amide bonds. The largest absolute Gasteiger partial charge is 0.481 e. The van der Waals surface area contributed by atoms with Gasteiger partial charge in [-0.2, -0.15) is 0 Å². The molecule has 0 spiro atoms. The molecule has 0 aliphatic carbocycles. The van der Waals surface area contributed by atoms with Crippen molar-refractivity contribution in [2.75, 3.05) is 20.1 Å². The first-order valence-corrected chi connectivity index (χ1v) is 25.5. The summed E-state index contributed by atoms with van der Waals surface area (Å²) < 4.78 is 0. The lowest BCUT2D eigenvalue weighted by atomic mass is 9.94. The summed E-state index contributed by atoms with van der Waals surface area (Å²) in [5.74, 6) is -0.660. The fourth-order valence-electron chi connectivity index (χ4n) is 8.56. The van der Waals surface area contributed by atoms with Crippen LogP contribution in [0, 0.1) is 5.92 Å². The number of aliphatic carboxylic acids is 1. The highest BCUT2D eigenvalue weighted by molar-refractivity contribution is 5.69. The minimum atomic E-state index is -0.553. The fourth-order valence-corrected chi connectivity index (χ4v) is 8.56. The molecule has 0 aliphatic rings. The number of hydrogen-bond donors (Lipinski definition) is 1. The molecular formula is C51H103NO2. The van der Waals surface area contributed by atoms with Crippen molar-refractivity contribution in [2.24, 2.45) is 5.92 Å². The lowest BCUT2D eigenvalue weighted by molar-refractivity contribution is -0.142. The summed E-state index contributed by atoms with van der Waals surface area (Å²) in [6.07, 6.45) is 60.1. The van der Waals surface area contributed by atoms with E-state index in [4.69, 9.17) is 0 Å². The van der Waals surface area contributed by atoms with Gasteiger partial charge in [-0.1, -0.05) is 271 Å². The van der Waals surface area contributed by atoms with E-state index >= 15 is 0 Å². The topological polar surface area (TPSA) is 40.5 Å². The summed E-state index contributed by atoms with van der Waals surface area (Å²) >= 11 is 0. The number of carboxylic acid groups (broad SMARTS) is 1. The first-order chi connectivity index (χ1) is 26.6. The van der Waals surface area contributed by atoms with E-state index in [1.165, 1.54) is 270 Å². The third-order valence-electron chi connectivity index (χ3n) is 12.5. The smallest absolute Gasteiger partial charge is 0.306 e. The van der Waals surface area contributed by atoms with Gasteiger partial charge in [-0.25, -0.2) is 0 Å². The van der Waals surface area contributed by atoms with Gasteiger partial charge in [-0.05, 0) is 45.8 Å². The van der Waals surface area contributed by atoms with Crippen molar-refractivity contribution in [3.05, 3.63) is 0 Å². The fraction of sp³-hybridized carbons (Fsp3) is 0.980. The van der Waals surface area contributed by atoms with Gasteiger partial charge in [0.15, 0.2) is 0 Å². The average Bonchev–Trinajstić information content (AvgIpc) is 3.16. The monoisotopic (exact) mass is 762 g/mol. The van der Waals surface area contributed by atoms with Gasteiger partial charge in [-0.3, -0.25) is 4.79 Å². The summed E-state index contributed by atoms with van der Waals surface area (Å²) in [5, 5.41) is 9.72. The molecule has 1 N–H and O–H groups in total. The van der Waals surface area contributed by atoms with Crippen LogP contribution < -0.4 is 0 Å². The van der Waals surface area contributed by atoms with Crippen molar-refractivity contribution < 1.29 is 9.90 Å². The van der Waals surface area contributed by atoms with Crippen LogP contribution in [-0.2, 0) is 4.79 Å². The summed E-state index contributed by atoms with van der Waals surface area (Å²) in [6.45, 7) is 7.15. The zero-order chi connectivity index (χ0) is 39.3. The van der Waals surface area contributed by atoms with Crippen LogP contribution in [0.15, 0.2) is 0 Å². The Hall–Kier alpha value is -0.570. The summed E-state index contributed by atoms with van der Waals surface area (Å²) in [4.78, 5) is 14.4. The Morgan fingerprint density at radius 1 is 0.333 bits per heavy atom. The van der Waals surface area contributed by atoms with E-state index < -0.39 is 5.97 Å². The van der Waals surface area contributed by atoms with Crippen LogP contribution in [0.1, 0.15) is 296 Å². The van der Waals surface area contributed by atoms with Crippen LogP contribution in [0.25, 0.3) is 0 Å². The molecule has 0 fully saturated rings. The molecule has 0 saturated carbocycles. The number of carbonyl (C=O) groups is 1. The lowest BCUT2D eigenvalue weighted by Crippen LogP contribution is -2.20. The van der Waals surface area contributed by atoms with Gasteiger partial charge >= 0.3 is 5.97 Å². The quantitative estimate of drug-likeness (QED) is 0.0628. The minimum Gasteiger partial charge on any atom is -0.481 e. The van der Waals surface area contributed by atoms with Gasteiger partial charge in [-0.15, -0.1) is 0 Å².